The zero-order valence-electron chi connectivity index (χ0n) is 16.5. The van der Waals surface area contributed by atoms with E-state index in [1.807, 2.05) is 23.1 Å². The highest BCUT2D eigenvalue weighted by atomic mass is 16.5. The number of amides is 2. The number of rotatable bonds is 7. The number of esters is 1. The van der Waals surface area contributed by atoms with Gasteiger partial charge in [-0.3, -0.25) is 14.4 Å². The monoisotopic (exact) mass is 388 g/mol. The molecule has 0 aromatic heterocycles. The second kappa shape index (κ2) is 8.73. The maximum absolute atomic E-state index is 13.3. The molecule has 1 saturated carbocycles. The fourth-order valence-electron chi connectivity index (χ4n) is 4.67. The maximum atomic E-state index is 13.3. The van der Waals surface area contributed by atoms with E-state index in [1.54, 1.807) is 13.2 Å². The zero-order valence-corrected chi connectivity index (χ0v) is 16.5. The van der Waals surface area contributed by atoms with Gasteiger partial charge in [0.25, 0.3) is 5.91 Å². The average Bonchev–Trinajstić information content (AvgIpc) is 3.17. The molecule has 1 spiro atoms. The molecule has 1 aromatic rings. The number of carbonyl (C=O) groups excluding carboxylic acids is 3. The Bertz CT molecular complexity index is 742. The van der Waals surface area contributed by atoms with Crippen LogP contribution >= 0.6 is 0 Å². The number of methoxy groups -OCH3 is 2. The topological polar surface area (TPSA) is 84.9 Å². The van der Waals surface area contributed by atoms with Gasteiger partial charge in [-0.15, -0.1) is 0 Å². The number of nitrogens with one attached hydrogen (secondary N) is 1. The second-order valence-electron chi connectivity index (χ2n) is 7.40. The van der Waals surface area contributed by atoms with Gasteiger partial charge in [-0.2, -0.15) is 0 Å². The van der Waals surface area contributed by atoms with E-state index in [0.29, 0.717) is 18.7 Å². The lowest BCUT2D eigenvalue weighted by molar-refractivity contribution is -0.140. The number of benzene rings is 1. The van der Waals surface area contributed by atoms with Gasteiger partial charge < -0.3 is 19.7 Å². The Morgan fingerprint density at radius 3 is 2.61 bits per heavy atom. The maximum Gasteiger partial charge on any atom is 0.307 e. The Hall–Kier alpha value is -2.41. The molecule has 3 rings (SSSR count). The summed E-state index contributed by atoms with van der Waals surface area (Å²) >= 11 is 0. The lowest BCUT2D eigenvalue weighted by Gasteiger charge is -2.50. The van der Waals surface area contributed by atoms with Crippen LogP contribution in [0.4, 0.5) is 0 Å². The minimum atomic E-state index is -0.542. The standard InChI is InChI=1S/C21H28N2O5/c1-27-14-13-23-20(26)16-8-4-3-7-15(16)18(21(23)10-5-6-11-21)19(25)22-12-9-17(24)28-2/h3-4,7-8,18H,5-6,9-14H2,1-2H3,(H,22,25). The minimum Gasteiger partial charge on any atom is -0.469 e. The van der Waals surface area contributed by atoms with Crippen LogP contribution in [-0.2, 0) is 19.1 Å². The number of carbonyl (C=O) groups is 3. The Morgan fingerprint density at radius 2 is 1.93 bits per heavy atom. The number of hydrogen-bond donors (Lipinski definition) is 1. The summed E-state index contributed by atoms with van der Waals surface area (Å²) in [7, 11) is 2.94. The smallest absolute Gasteiger partial charge is 0.307 e. The van der Waals surface area contributed by atoms with Crippen molar-refractivity contribution in [2.24, 2.45) is 0 Å². The Labute approximate surface area is 165 Å². The van der Waals surface area contributed by atoms with Gasteiger partial charge in [0.1, 0.15) is 0 Å². The highest BCUT2D eigenvalue weighted by molar-refractivity contribution is 6.02. The summed E-state index contributed by atoms with van der Waals surface area (Å²) in [5.41, 5.74) is 0.808. The molecule has 0 bridgehead atoms. The molecule has 1 heterocycles. The predicted octanol–water partition coefficient (Wildman–Crippen LogP) is 1.86. The molecule has 7 nitrogen and oxygen atoms in total. The molecule has 7 heteroatoms. The van der Waals surface area contributed by atoms with Gasteiger partial charge >= 0.3 is 5.97 Å². The SMILES string of the molecule is COCCN1C(=O)c2ccccc2C(C(=O)NCCC(=O)OC)C12CCCC2. The summed E-state index contributed by atoms with van der Waals surface area (Å²) in [6, 6.07) is 7.36. The second-order valence-corrected chi connectivity index (χ2v) is 7.40. The van der Waals surface area contributed by atoms with Crippen molar-refractivity contribution in [2.45, 2.75) is 43.6 Å². The third-order valence-electron chi connectivity index (χ3n) is 5.93. The fourth-order valence-corrected chi connectivity index (χ4v) is 4.67. The molecule has 1 atom stereocenters. The van der Waals surface area contributed by atoms with Gasteiger partial charge in [0.2, 0.25) is 5.91 Å². The van der Waals surface area contributed by atoms with Crippen LogP contribution in [0.5, 0.6) is 0 Å². The van der Waals surface area contributed by atoms with Crippen LogP contribution in [-0.4, -0.2) is 62.1 Å². The van der Waals surface area contributed by atoms with E-state index in [4.69, 9.17) is 4.74 Å². The first kappa shape index (κ1) is 20.3. The minimum absolute atomic E-state index is 0.0341. The molecule has 1 aliphatic heterocycles. The summed E-state index contributed by atoms with van der Waals surface area (Å²) in [5, 5.41) is 2.89. The summed E-state index contributed by atoms with van der Waals surface area (Å²) in [6.45, 7) is 1.09. The zero-order chi connectivity index (χ0) is 20.1. The van der Waals surface area contributed by atoms with Crippen molar-refractivity contribution in [1.82, 2.24) is 10.2 Å². The van der Waals surface area contributed by atoms with E-state index in [-0.39, 0.29) is 30.7 Å². The first-order chi connectivity index (χ1) is 13.5. The molecule has 0 saturated heterocycles. The van der Waals surface area contributed by atoms with Crippen LogP contribution in [0.1, 0.15) is 53.9 Å². The molecule has 0 radical (unpaired) electrons. The van der Waals surface area contributed by atoms with Crippen molar-refractivity contribution in [1.29, 1.82) is 0 Å². The predicted molar refractivity (Wildman–Crippen MR) is 103 cm³/mol. The average molecular weight is 388 g/mol. The fraction of sp³-hybridized carbons (Fsp3) is 0.571. The van der Waals surface area contributed by atoms with Crippen LogP contribution in [0.3, 0.4) is 0 Å². The Kier molecular flexibility index (Phi) is 6.34. The van der Waals surface area contributed by atoms with Crippen molar-refractivity contribution in [3.63, 3.8) is 0 Å². The molecule has 1 aromatic carbocycles. The van der Waals surface area contributed by atoms with Crippen molar-refractivity contribution < 1.29 is 23.9 Å². The molecular weight excluding hydrogens is 360 g/mol. The van der Waals surface area contributed by atoms with Gasteiger partial charge in [0.15, 0.2) is 0 Å². The van der Waals surface area contributed by atoms with Crippen LogP contribution in [0.25, 0.3) is 0 Å². The summed E-state index contributed by atoms with van der Waals surface area (Å²) in [5.74, 6) is -1.00. The lowest BCUT2D eigenvalue weighted by Crippen LogP contribution is -2.61. The van der Waals surface area contributed by atoms with E-state index >= 15 is 0 Å². The Morgan fingerprint density at radius 1 is 1.21 bits per heavy atom. The lowest BCUT2D eigenvalue weighted by atomic mass is 9.71. The van der Waals surface area contributed by atoms with Gasteiger partial charge in [-0.1, -0.05) is 31.0 Å². The van der Waals surface area contributed by atoms with Gasteiger partial charge in [-0.05, 0) is 24.5 Å². The molecule has 1 unspecified atom stereocenters. The van der Waals surface area contributed by atoms with Crippen molar-refractivity contribution in [2.75, 3.05) is 33.9 Å². The van der Waals surface area contributed by atoms with Crippen LogP contribution in [0.15, 0.2) is 24.3 Å². The molecule has 28 heavy (non-hydrogen) atoms. The summed E-state index contributed by atoms with van der Waals surface area (Å²) < 4.78 is 9.88. The molecule has 152 valence electrons. The van der Waals surface area contributed by atoms with Gasteiger partial charge in [-0.25, -0.2) is 0 Å². The molecule has 1 aliphatic carbocycles. The largest absolute Gasteiger partial charge is 0.469 e. The van der Waals surface area contributed by atoms with Crippen molar-refractivity contribution in [3.05, 3.63) is 35.4 Å². The molecule has 1 fully saturated rings. The third-order valence-corrected chi connectivity index (χ3v) is 5.93. The van der Waals surface area contributed by atoms with Crippen LogP contribution in [0.2, 0.25) is 0 Å². The molecule has 2 amide bonds. The number of hydrogen-bond acceptors (Lipinski definition) is 5. The quantitative estimate of drug-likeness (QED) is 0.721. The van der Waals surface area contributed by atoms with Crippen LogP contribution in [0, 0.1) is 0 Å². The first-order valence-electron chi connectivity index (χ1n) is 9.79. The van der Waals surface area contributed by atoms with E-state index in [1.165, 1.54) is 7.11 Å². The van der Waals surface area contributed by atoms with Gasteiger partial charge in [0.05, 0.1) is 31.6 Å². The number of ether oxygens (including phenoxy) is 2. The number of fused-ring (bicyclic) bond motifs is 1. The van der Waals surface area contributed by atoms with E-state index in [2.05, 4.69) is 10.1 Å². The highest BCUT2D eigenvalue weighted by Crippen LogP contribution is 2.50. The van der Waals surface area contributed by atoms with Crippen molar-refractivity contribution in [3.8, 4) is 0 Å². The van der Waals surface area contributed by atoms with Crippen LogP contribution < -0.4 is 5.32 Å². The highest BCUT2D eigenvalue weighted by Gasteiger charge is 2.55. The third kappa shape index (κ3) is 3.63. The van der Waals surface area contributed by atoms with Gasteiger partial charge in [0, 0.05) is 25.8 Å². The molecule has 1 N–H and O–H groups in total. The number of nitrogens with zero attached hydrogens (tertiary/aromatic N) is 1. The summed E-state index contributed by atoms with van der Waals surface area (Å²) in [6.07, 6.45) is 3.64. The normalized spacial score (nSPS) is 20.1. The molecule has 2 aliphatic rings. The first-order valence-corrected chi connectivity index (χ1v) is 9.79. The van der Waals surface area contributed by atoms with E-state index in [9.17, 15) is 14.4 Å². The van der Waals surface area contributed by atoms with E-state index < -0.39 is 11.5 Å². The Balaban J connectivity index is 1.96. The summed E-state index contributed by atoms with van der Waals surface area (Å²) in [4.78, 5) is 39.8. The van der Waals surface area contributed by atoms with E-state index in [0.717, 1.165) is 31.2 Å². The van der Waals surface area contributed by atoms with Crippen molar-refractivity contribution >= 4 is 17.8 Å². The molecular formula is C21H28N2O5.